The van der Waals surface area contributed by atoms with E-state index in [0.717, 1.165) is 16.7 Å². The fraction of sp³-hybridized carbons (Fsp3) is 0.300. The van der Waals surface area contributed by atoms with E-state index in [1.807, 2.05) is 24.5 Å². The maximum Gasteiger partial charge on any atom is 0.0968 e. The molecule has 0 saturated heterocycles. The fourth-order valence-corrected chi connectivity index (χ4v) is 1.89. The van der Waals surface area contributed by atoms with Crippen molar-refractivity contribution >= 4 is 28.5 Å². The van der Waals surface area contributed by atoms with Gasteiger partial charge < -0.3 is 10.3 Å². The van der Waals surface area contributed by atoms with E-state index in [1.165, 1.54) is 0 Å². The van der Waals surface area contributed by atoms with Crippen molar-refractivity contribution in [2.45, 2.75) is 12.3 Å². The number of nitrogen functional groups attached to an aromatic ring is 1. The topological polar surface area (TPSA) is 43.8 Å². The Bertz CT molecular complexity index is 450. The van der Waals surface area contributed by atoms with Gasteiger partial charge in [-0.25, -0.2) is 4.98 Å². The van der Waals surface area contributed by atoms with Crippen LogP contribution < -0.4 is 5.73 Å². The molecular weight excluding hydrogens is 194 g/mol. The van der Waals surface area contributed by atoms with Crippen molar-refractivity contribution < 1.29 is 0 Å². The average Bonchev–Trinajstić information content (AvgIpc) is 2.62. The third kappa shape index (κ3) is 1.35. The second-order valence-electron chi connectivity index (χ2n) is 3.20. The van der Waals surface area contributed by atoms with E-state index in [4.69, 9.17) is 5.73 Å². The lowest BCUT2D eigenvalue weighted by molar-refractivity contribution is 0.765. The number of nitrogens with two attached hydrogens (primary N) is 1. The Morgan fingerprint density at radius 1 is 1.50 bits per heavy atom. The van der Waals surface area contributed by atoms with Gasteiger partial charge in [0.15, 0.2) is 0 Å². The highest BCUT2D eigenvalue weighted by Gasteiger charge is 2.09. The molecule has 4 heteroatoms. The molecule has 1 heterocycles. The molecule has 2 aromatic rings. The molecule has 1 aromatic heterocycles. The molecule has 0 saturated carbocycles. The van der Waals surface area contributed by atoms with E-state index >= 15 is 0 Å². The smallest absolute Gasteiger partial charge is 0.0968 e. The number of para-hydroxylation sites is 1. The van der Waals surface area contributed by atoms with Gasteiger partial charge in [-0.3, -0.25) is 0 Å². The standard InChI is InChI=1S/C10H13N3S/c1-7(14-2)13-6-12-9-5-3-4-8(11)10(9)13/h3-7H,11H2,1-2H3. The predicted octanol–water partition coefficient (Wildman–Crippen LogP) is 2.50. The van der Waals surface area contributed by atoms with Crippen molar-refractivity contribution in [3.63, 3.8) is 0 Å². The number of fused-ring (bicyclic) bond motifs is 1. The number of hydrogen-bond acceptors (Lipinski definition) is 3. The van der Waals surface area contributed by atoms with Crippen LogP contribution in [0.15, 0.2) is 24.5 Å². The van der Waals surface area contributed by atoms with E-state index in [9.17, 15) is 0 Å². The molecule has 1 atom stereocenters. The maximum absolute atomic E-state index is 5.92. The maximum atomic E-state index is 5.92. The molecule has 0 radical (unpaired) electrons. The Kier molecular flexibility index (Phi) is 2.37. The van der Waals surface area contributed by atoms with Gasteiger partial charge in [-0.15, -0.1) is 11.8 Å². The third-order valence-corrected chi connectivity index (χ3v) is 3.27. The molecule has 2 rings (SSSR count). The summed E-state index contributed by atoms with van der Waals surface area (Å²) in [6.45, 7) is 2.14. The molecule has 3 nitrogen and oxygen atoms in total. The first kappa shape index (κ1) is 9.40. The molecule has 74 valence electrons. The molecule has 1 unspecified atom stereocenters. The minimum absolute atomic E-state index is 0.365. The molecule has 0 fully saturated rings. The van der Waals surface area contributed by atoms with E-state index < -0.39 is 0 Å². The molecule has 0 aliphatic heterocycles. The lowest BCUT2D eigenvalue weighted by Crippen LogP contribution is -2.00. The first-order valence-electron chi connectivity index (χ1n) is 4.48. The number of benzene rings is 1. The Labute approximate surface area is 87.3 Å². The summed E-state index contributed by atoms with van der Waals surface area (Å²) in [5, 5.41) is 0.365. The van der Waals surface area contributed by atoms with Gasteiger partial charge in [-0.2, -0.15) is 0 Å². The van der Waals surface area contributed by atoms with Gasteiger partial charge in [0.25, 0.3) is 0 Å². The highest BCUT2D eigenvalue weighted by molar-refractivity contribution is 7.98. The molecule has 14 heavy (non-hydrogen) atoms. The lowest BCUT2D eigenvalue weighted by Gasteiger charge is -2.11. The van der Waals surface area contributed by atoms with E-state index in [2.05, 4.69) is 22.7 Å². The van der Waals surface area contributed by atoms with Gasteiger partial charge in [-0.1, -0.05) is 6.07 Å². The minimum Gasteiger partial charge on any atom is -0.397 e. The summed E-state index contributed by atoms with van der Waals surface area (Å²) >= 11 is 1.77. The second kappa shape index (κ2) is 3.53. The summed E-state index contributed by atoms with van der Waals surface area (Å²) in [6, 6.07) is 5.82. The van der Waals surface area contributed by atoms with E-state index in [1.54, 1.807) is 11.8 Å². The van der Waals surface area contributed by atoms with Crippen molar-refractivity contribution in [1.82, 2.24) is 9.55 Å². The van der Waals surface area contributed by atoms with Crippen LogP contribution in [-0.4, -0.2) is 15.8 Å². The van der Waals surface area contributed by atoms with Gasteiger partial charge in [0.05, 0.1) is 28.4 Å². The van der Waals surface area contributed by atoms with Gasteiger partial charge in [-0.05, 0) is 25.3 Å². The van der Waals surface area contributed by atoms with Crippen LogP contribution >= 0.6 is 11.8 Å². The molecular formula is C10H13N3S. The Morgan fingerprint density at radius 3 is 3.00 bits per heavy atom. The van der Waals surface area contributed by atoms with Crippen LogP contribution in [0.5, 0.6) is 0 Å². The van der Waals surface area contributed by atoms with Crippen LogP contribution in [-0.2, 0) is 0 Å². The quantitative estimate of drug-likeness (QED) is 0.769. The first-order chi connectivity index (χ1) is 6.74. The van der Waals surface area contributed by atoms with Crippen molar-refractivity contribution in [1.29, 1.82) is 0 Å². The first-order valence-corrected chi connectivity index (χ1v) is 5.76. The van der Waals surface area contributed by atoms with E-state index in [-0.39, 0.29) is 0 Å². The van der Waals surface area contributed by atoms with Crippen LogP contribution in [0.4, 0.5) is 5.69 Å². The van der Waals surface area contributed by atoms with Crippen LogP contribution in [0, 0.1) is 0 Å². The van der Waals surface area contributed by atoms with Crippen LogP contribution in [0.2, 0.25) is 0 Å². The zero-order chi connectivity index (χ0) is 10.1. The summed E-state index contributed by atoms with van der Waals surface area (Å²) in [4.78, 5) is 4.32. The fourth-order valence-electron chi connectivity index (χ4n) is 1.51. The Morgan fingerprint density at radius 2 is 2.29 bits per heavy atom. The average molecular weight is 207 g/mol. The van der Waals surface area contributed by atoms with Gasteiger partial charge >= 0.3 is 0 Å². The molecule has 0 spiro atoms. The van der Waals surface area contributed by atoms with Crippen molar-refractivity contribution in [2.24, 2.45) is 0 Å². The summed E-state index contributed by atoms with van der Waals surface area (Å²) < 4.78 is 2.11. The SMILES string of the molecule is CSC(C)n1cnc2cccc(N)c21. The number of nitrogens with zero attached hydrogens (tertiary/aromatic N) is 2. The monoisotopic (exact) mass is 207 g/mol. The summed E-state index contributed by atoms with van der Waals surface area (Å²) in [5.74, 6) is 0. The zero-order valence-corrected chi connectivity index (χ0v) is 9.08. The number of rotatable bonds is 2. The molecule has 0 aliphatic carbocycles. The number of anilines is 1. The highest BCUT2D eigenvalue weighted by Crippen LogP contribution is 2.27. The summed E-state index contributed by atoms with van der Waals surface area (Å²) in [7, 11) is 0. The van der Waals surface area contributed by atoms with Crippen LogP contribution in [0.3, 0.4) is 0 Å². The van der Waals surface area contributed by atoms with Crippen molar-refractivity contribution in [3.05, 3.63) is 24.5 Å². The van der Waals surface area contributed by atoms with E-state index in [0.29, 0.717) is 5.37 Å². The van der Waals surface area contributed by atoms with Gasteiger partial charge in [0.1, 0.15) is 0 Å². The minimum atomic E-state index is 0.365. The lowest BCUT2D eigenvalue weighted by atomic mass is 10.3. The van der Waals surface area contributed by atoms with Crippen molar-refractivity contribution in [2.75, 3.05) is 12.0 Å². The van der Waals surface area contributed by atoms with Crippen molar-refractivity contribution in [3.8, 4) is 0 Å². The summed E-state index contributed by atoms with van der Waals surface area (Å²) in [6.07, 6.45) is 3.93. The van der Waals surface area contributed by atoms with Gasteiger partial charge in [0, 0.05) is 0 Å². The van der Waals surface area contributed by atoms with Gasteiger partial charge in [0.2, 0.25) is 0 Å². The molecule has 2 N–H and O–H groups in total. The van der Waals surface area contributed by atoms with Crippen LogP contribution in [0.25, 0.3) is 11.0 Å². The normalized spacial score (nSPS) is 13.3. The molecule has 1 aromatic carbocycles. The number of aromatic nitrogens is 2. The number of hydrogen-bond donors (Lipinski definition) is 1. The zero-order valence-electron chi connectivity index (χ0n) is 8.27. The largest absolute Gasteiger partial charge is 0.397 e. The number of imidazole rings is 1. The molecule has 0 amide bonds. The molecule has 0 bridgehead atoms. The number of thioether (sulfide) groups is 1. The Balaban J connectivity index is 2.67. The molecule has 0 aliphatic rings. The third-order valence-electron chi connectivity index (χ3n) is 2.36. The Hall–Kier alpha value is -1.16. The van der Waals surface area contributed by atoms with Crippen LogP contribution in [0.1, 0.15) is 12.3 Å². The summed E-state index contributed by atoms with van der Waals surface area (Å²) in [5.41, 5.74) is 8.72. The predicted molar refractivity (Wildman–Crippen MR) is 62.4 cm³/mol. The second-order valence-corrected chi connectivity index (χ2v) is 4.36. The highest BCUT2D eigenvalue weighted by atomic mass is 32.2.